The molecule has 1 N–H and O–H groups in total. The average molecular weight is 630 g/mol. The molecule has 0 aliphatic rings. The van der Waals surface area contributed by atoms with Gasteiger partial charge in [-0.1, -0.05) is 23.9 Å². The molecule has 0 unspecified atom stereocenters. The molecule has 16 nitrogen and oxygen atoms in total. The number of benzene rings is 4. The Bertz CT molecular complexity index is 1850. The number of hydrogen-bond acceptors (Lipinski definition) is 14. The normalized spacial score (nSPS) is 11.3. The van der Waals surface area contributed by atoms with E-state index in [1.807, 2.05) is 0 Å². The van der Waals surface area contributed by atoms with Gasteiger partial charge in [0.05, 0.1) is 37.9 Å². The van der Waals surface area contributed by atoms with Gasteiger partial charge in [0, 0.05) is 17.2 Å². The zero-order valence-corrected chi connectivity index (χ0v) is 24.3. The van der Waals surface area contributed by atoms with Gasteiger partial charge in [-0.2, -0.15) is 10.2 Å². The van der Waals surface area contributed by atoms with Crippen molar-refractivity contribution in [2.45, 2.75) is 4.90 Å². The number of non-ortho nitro benzene ring substituents is 1. The van der Waals surface area contributed by atoms with Crippen LogP contribution >= 0.6 is 0 Å². The van der Waals surface area contributed by atoms with E-state index in [0.717, 1.165) is 18.2 Å². The van der Waals surface area contributed by atoms with E-state index in [9.17, 15) is 48.5 Å². The Morgan fingerprint density at radius 2 is 1.39 bits per heavy atom. The number of rotatable bonds is 7. The van der Waals surface area contributed by atoms with Gasteiger partial charge in [0.1, 0.15) is 21.6 Å². The molecule has 4 rings (SSSR count). The minimum Gasteiger partial charge on any atom is -0.871 e. The number of nitrogens with zero attached hydrogens (tertiary/aromatic N) is 6. The van der Waals surface area contributed by atoms with E-state index in [1.165, 1.54) is 24.3 Å². The Hall–Kier alpha value is -4.03. The molecular weight excluding hydrogens is 619 g/mol. The first-order chi connectivity index (χ1) is 18.3. The van der Waals surface area contributed by atoms with E-state index in [-0.39, 0.29) is 58.0 Å². The fraction of sp³-hybridized carbons (Fsp3) is 0. The van der Waals surface area contributed by atoms with Gasteiger partial charge in [-0.15, -0.1) is 10.2 Å². The van der Waals surface area contributed by atoms with Crippen molar-refractivity contribution in [3.8, 4) is 17.2 Å². The van der Waals surface area contributed by atoms with Crippen LogP contribution in [0.5, 0.6) is 17.2 Å². The van der Waals surface area contributed by atoms with Crippen LogP contribution in [-0.4, -0.2) is 27.9 Å². The van der Waals surface area contributed by atoms with Crippen molar-refractivity contribution < 1.29 is 84.8 Å². The first-order valence-corrected chi connectivity index (χ1v) is 11.8. The standard InChI is InChI=1S/C22H14N6O10S.Fe.Na/c29-20-10-21(30)17(25-26-18-7-12(27(32)33)8-19(22(18)31)28(34)35)9-16(20)24-23-15-3-1-2-11-6-13(39(36,37)38)4-5-14(11)15;;/h1-10,29-31H,(H,36,37,38);;/q;+2;+1/p-3. The maximum absolute atomic E-state index is 12.3. The molecule has 4 aromatic rings. The third-order valence-corrected chi connectivity index (χ3v) is 5.98. The fourth-order valence-electron chi connectivity index (χ4n) is 3.31. The summed E-state index contributed by atoms with van der Waals surface area (Å²) in [6, 6.07) is 10.9. The summed E-state index contributed by atoms with van der Waals surface area (Å²) in [6.07, 6.45) is 0. The van der Waals surface area contributed by atoms with Crippen molar-refractivity contribution >= 4 is 55.0 Å². The van der Waals surface area contributed by atoms with Crippen molar-refractivity contribution in [2.24, 2.45) is 20.5 Å². The molecule has 0 aromatic heterocycles. The van der Waals surface area contributed by atoms with E-state index in [4.69, 9.17) is 0 Å². The summed E-state index contributed by atoms with van der Waals surface area (Å²) in [7, 11) is -4.69. The molecule has 0 aliphatic heterocycles. The number of phenolic OH excluding ortho intramolecular Hbond substituents is 1. The first kappa shape index (κ1) is 33.2. The summed E-state index contributed by atoms with van der Waals surface area (Å²) < 4.78 is 33.8. The zero-order valence-electron chi connectivity index (χ0n) is 20.3. The van der Waals surface area contributed by atoms with E-state index in [0.29, 0.717) is 29.0 Å². The monoisotopic (exact) mass is 630 g/mol. The molecule has 0 fully saturated rings. The number of fused-ring (bicyclic) bond motifs is 1. The Morgan fingerprint density at radius 1 is 0.756 bits per heavy atom. The third kappa shape index (κ3) is 7.38. The molecule has 0 bridgehead atoms. The molecule has 0 saturated carbocycles. The van der Waals surface area contributed by atoms with Gasteiger partial charge in [-0.25, -0.2) is 8.42 Å². The van der Waals surface area contributed by atoms with Crippen LogP contribution in [0, 0.1) is 20.2 Å². The predicted molar refractivity (Wildman–Crippen MR) is 127 cm³/mol. The topological polar surface area (TPSA) is 259 Å². The maximum atomic E-state index is 12.3. The summed E-state index contributed by atoms with van der Waals surface area (Å²) in [6.45, 7) is 0. The molecule has 0 heterocycles. The van der Waals surface area contributed by atoms with Gasteiger partial charge in [0.2, 0.25) is 0 Å². The van der Waals surface area contributed by atoms with Crippen LogP contribution in [0.2, 0.25) is 0 Å². The summed E-state index contributed by atoms with van der Waals surface area (Å²) >= 11 is 0. The van der Waals surface area contributed by atoms with Crippen LogP contribution in [0.15, 0.2) is 86.0 Å². The van der Waals surface area contributed by atoms with Gasteiger partial charge < -0.3 is 19.9 Å². The average Bonchev–Trinajstić information content (AvgIpc) is 2.87. The zero-order chi connectivity index (χ0) is 28.5. The first-order valence-electron chi connectivity index (χ1n) is 10.3. The second kappa shape index (κ2) is 13.1. The molecule has 204 valence electrons. The molecule has 4 aromatic carbocycles. The van der Waals surface area contributed by atoms with Crippen molar-refractivity contribution in [3.05, 3.63) is 80.9 Å². The van der Waals surface area contributed by atoms with E-state index in [2.05, 4.69) is 20.5 Å². The van der Waals surface area contributed by atoms with Gasteiger partial charge in [-0.3, -0.25) is 20.2 Å². The van der Waals surface area contributed by atoms with Crippen LogP contribution < -0.4 is 39.8 Å². The Balaban J connectivity index is 0.00000294. The molecular formula is C22H11FeN6NaO10S. The van der Waals surface area contributed by atoms with Gasteiger partial charge in [0.25, 0.3) is 11.4 Å². The summed E-state index contributed by atoms with van der Waals surface area (Å²) in [5.41, 5.74) is -3.25. The molecule has 0 atom stereocenters. The van der Waals surface area contributed by atoms with Crippen LogP contribution in [0.4, 0.5) is 34.1 Å². The van der Waals surface area contributed by atoms with Crippen molar-refractivity contribution in [3.63, 3.8) is 0 Å². The third-order valence-electron chi connectivity index (χ3n) is 5.15. The minimum absolute atomic E-state index is 0. The molecule has 0 spiro atoms. The summed E-state index contributed by atoms with van der Waals surface area (Å²) in [4.78, 5) is 19.6. The van der Waals surface area contributed by atoms with Crippen LogP contribution in [0.25, 0.3) is 10.8 Å². The largest absolute Gasteiger partial charge is 2.00 e. The second-order valence-corrected chi connectivity index (χ2v) is 9.03. The number of nitro benzene ring substituents is 2. The van der Waals surface area contributed by atoms with E-state index in [1.54, 1.807) is 0 Å². The smallest absolute Gasteiger partial charge is 0.871 e. The SMILES string of the molecule is O=[N+]([O-])c1cc(N=Nc2cc(N=Nc3cccc4cc(S(=O)(=O)[O-])ccc34)c([O-])cc2O)c([O-])c([N+](=O)[O-])c1.[Fe+2].[Na+]. The summed E-state index contributed by atoms with van der Waals surface area (Å²) in [5, 5.41) is 72.3. The molecule has 41 heavy (non-hydrogen) atoms. The predicted octanol–water partition coefficient (Wildman–Crippen LogP) is 1.25. The van der Waals surface area contributed by atoms with E-state index < -0.39 is 64.9 Å². The van der Waals surface area contributed by atoms with Gasteiger partial charge in [-0.05, 0) is 35.7 Å². The quantitative estimate of drug-likeness (QED) is 0.100. The van der Waals surface area contributed by atoms with Crippen LogP contribution in [0.1, 0.15) is 0 Å². The number of aromatic hydroxyl groups is 1. The maximum Gasteiger partial charge on any atom is 2.00 e. The molecule has 19 heteroatoms. The number of hydrogen-bond donors (Lipinski definition) is 1. The minimum atomic E-state index is -4.69. The number of phenols is 1. The summed E-state index contributed by atoms with van der Waals surface area (Å²) in [5.74, 6) is -2.77. The Morgan fingerprint density at radius 3 is 2.02 bits per heavy atom. The van der Waals surface area contributed by atoms with Crippen molar-refractivity contribution in [1.29, 1.82) is 0 Å². The van der Waals surface area contributed by atoms with Crippen LogP contribution in [-0.2, 0) is 27.2 Å². The second-order valence-electron chi connectivity index (χ2n) is 7.65. The van der Waals surface area contributed by atoms with E-state index >= 15 is 0 Å². The van der Waals surface area contributed by atoms with Crippen LogP contribution in [0.3, 0.4) is 0 Å². The van der Waals surface area contributed by atoms with Crippen molar-refractivity contribution in [1.82, 2.24) is 0 Å². The number of nitro groups is 2. The Kier molecular flexibility index (Phi) is 10.6. The van der Waals surface area contributed by atoms with Gasteiger partial charge >= 0.3 is 46.6 Å². The molecule has 0 radical (unpaired) electrons. The molecule has 0 saturated heterocycles. The van der Waals surface area contributed by atoms with Gasteiger partial charge in [0.15, 0.2) is 0 Å². The van der Waals surface area contributed by atoms with Crippen molar-refractivity contribution in [2.75, 3.05) is 0 Å². The molecule has 0 aliphatic carbocycles. The fourth-order valence-corrected chi connectivity index (χ4v) is 3.81. The molecule has 0 amide bonds. The number of azo groups is 2. The Labute approximate surface area is 261 Å².